The lowest BCUT2D eigenvalue weighted by Crippen LogP contribution is -2.25. The van der Waals surface area contributed by atoms with Crippen LogP contribution >= 0.6 is 11.6 Å². The van der Waals surface area contributed by atoms with Gasteiger partial charge in [-0.2, -0.15) is 0 Å². The summed E-state index contributed by atoms with van der Waals surface area (Å²) in [4.78, 5) is 21.6. The van der Waals surface area contributed by atoms with Crippen LogP contribution in [0.1, 0.15) is 21.7 Å². The molecule has 4 aromatic rings. The van der Waals surface area contributed by atoms with Crippen LogP contribution in [0.25, 0.3) is 11.2 Å². The van der Waals surface area contributed by atoms with Crippen molar-refractivity contribution in [1.29, 1.82) is 0 Å². The number of hydrogen-bond acceptors (Lipinski definition) is 4. The molecule has 0 spiro atoms. The Morgan fingerprint density at radius 3 is 2.76 bits per heavy atom. The van der Waals surface area contributed by atoms with Crippen molar-refractivity contribution < 1.29 is 9.53 Å². The summed E-state index contributed by atoms with van der Waals surface area (Å²) in [6, 6.07) is 18.4. The average molecular weight is 407 g/mol. The molecule has 0 aliphatic rings. The van der Waals surface area contributed by atoms with Gasteiger partial charge in [0.15, 0.2) is 5.65 Å². The maximum atomic E-state index is 12.5. The van der Waals surface area contributed by atoms with E-state index in [9.17, 15) is 4.79 Å². The van der Waals surface area contributed by atoms with E-state index in [2.05, 4.69) is 15.3 Å². The van der Waals surface area contributed by atoms with Crippen LogP contribution < -0.4 is 10.1 Å². The number of nitrogens with zero attached hydrogens (tertiary/aromatic N) is 3. The second-order valence-electron chi connectivity index (χ2n) is 6.50. The molecule has 0 saturated heterocycles. The normalized spacial score (nSPS) is 10.8. The molecule has 146 valence electrons. The van der Waals surface area contributed by atoms with Crippen LogP contribution in [-0.4, -0.2) is 27.6 Å². The van der Waals surface area contributed by atoms with Gasteiger partial charge in [-0.1, -0.05) is 23.7 Å². The zero-order chi connectivity index (χ0) is 20.2. The van der Waals surface area contributed by atoms with Crippen molar-refractivity contribution in [3.8, 4) is 5.75 Å². The first kappa shape index (κ1) is 19.0. The minimum absolute atomic E-state index is 0.186. The summed E-state index contributed by atoms with van der Waals surface area (Å²) >= 11 is 5.89. The number of rotatable bonds is 6. The third-order valence-electron chi connectivity index (χ3n) is 4.57. The molecule has 4 rings (SSSR count). The molecule has 1 amide bonds. The number of halogens is 1. The number of aromatic nitrogens is 3. The number of fused-ring (bicyclic) bond motifs is 1. The maximum Gasteiger partial charge on any atom is 0.251 e. The van der Waals surface area contributed by atoms with Crippen molar-refractivity contribution in [2.24, 2.45) is 0 Å². The van der Waals surface area contributed by atoms with Crippen LogP contribution in [-0.2, 0) is 13.1 Å². The SMILES string of the molecule is COc1cccc(Cn2c(CNC(=O)c3ccc(Cl)cc3)nc3cccnc32)c1. The molecule has 0 saturated carbocycles. The highest BCUT2D eigenvalue weighted by Crippen LogP contribution is 2.19. The van der Waals surface area contributed by atoms with Gasteiger partial charge < -0.3 is 14.6 Å². The molecule has 0 bridgehead atoms. The molecule has 1 N–H and O–H groups in total. The second kappa shape index (κ2) is 8.32. The molecule has 2 aromatic heterocycles. The number of amides is 1. The number of carbonyl (C=O) groups excluding carboxylic acids is 1. The highest BCUT2D eigenvalue weighted by molar-refractivity contribution is 6.30. The van der Waals surface area contributed by atoms with Crippen LogP contribution in [0.5, 0.6) is 5.75 Å². The number of ether oxygens (including phenoxy) is 1. The number of imidazole rings is 1. The molecule has 7 heteroatoms. The molecule has 2 heterocycles. The zero-order valence-corrected chi connectivity index (χ0v) is 16.6. The fourth-order valence-electron chi connectivity index (χ4n) is 3.12. The van der Waals surface area contributed by atoms with Crippen LogP contribution in [0.3, 0.4) is 0 Å². The van der Waals surface area contributed by atoms with Crippen molar-refractivity contribution in [1.82, 2.24) is 19.9 Å². The maximum absolute atomic E-state index is 12.5. The summed E-state index contributed by atoms with van der Waals surface area (Å²) in [5.41, 5.74) is 3.15. The molecule has 0 aliphatic heterocycles. The fourth-order valence-corrected chi connectivity index (χ4v) is 3.25. The Labute approximate surface area is 173 Å². The van der Waals surface area contributed by atoms with Crippen molar-refractivity contribution in [2.45, 2.75) is 13.1 Å². The molecule has 2 aromatic carbocycles. The number of methoxy groups -OCH3 is 1. The standard InChI is InChI=1S/C22H19ClN4O2/c1-29-18-5-2-4-15(12-18)14-27-20(26-19-6-3-11-24-21(19)27)13-25-22(28)16-7-9-17(23)10-8-16/h2-12H,13-14H2,1H3,(H,25,28). The van der Waals surface area contributed by atoms with Gasteiger partial charge in [0, 0.05) is 16.8 Å². The number of pyridine rings is 1. The van der Waals surface area contributed by atoms with Gasteiger partial charge >= 0.3 is 0 Å². The molecule has 6 nitrogen and oxygen atoms in total. The third kappa shape index (κ3) is 4.22. The van der Waals surface area contributed by atoms with Crippen LogP contribution in [0, 0.1) is 0 Å². The van der Waals surface area contributed by atoms with Gasteiger partial charge in [-0.3, -0.25) is 4.79 Å². The Morgan fingerprint density at radius 1 is 1.14 bits per heavy atom. The highest BCUT2D eigenvalue weighted by atomic mass is 35.5. The molecule has 29 heavy (non-hydrogen) atoms. The van der Waals surface area contributed by atoms with Crippen molar-refractivity contribution in [3.05, 3.63) is 88.8 Å². The van der Waals surface area contributed by atoms with E-state index in [0.29, 0.717) is 17.1 Å². The molecule has 0 atom stereocenters. The van der Waals surface area contributed by atoms with E-state index in [4.69, 9.17) is 16.3 Å². The number of benzene rings is 2. The Morgan fingerprint density at radius 2 is 1.97 bits per heavy atom. The molecule has 0 fully saturated rings. The highest BCUT2D eigenvalue weighted by Gasteiger charge is 2.14. The van der Waals surface area contributed by atoms with E-state index in [-0.39, 0.29) is 12.5 Å². The largest absolute Gasteiger partial charge is 0.497 e. The van der Waals surface area contributed by atoms with E-state index < -0.39 is 0 Å². The topological polar surface area (TPSA) is 69.0 Å². The Balaban J connectivity index is 1.60. The lowest BCUT2D eigenvalue weighted by atomic mass is 10.2. The summed E-state index contributed by atoms with van der Waals surface area (Å²) in [6.07, 6.45) is 1.74. The molecular formula is C22H19ClN4O2. The van der Waals surface area contributed by atoms with E-state index in [1.54, 1.807) is 37.6 Å². The van der Waals surface area contributed by atoms with E-state index in [1.807, 2.05) is 41.0 Å². The minimum Gasteiger partial charge on any atom is -0.497 e. The number of hydrogen-bond donors (Lipinski definition) is 1. The Hall–Kier alpha value is -3.38. The first-order valence-electron chi connectivity index (χ1n) is 9.11. The predicted molar refractivity (Wildman–Crippen MR) is 112 cm³/mol. The van der Waals surface area contributed by atoms with Gasteiger partial charge in [-0.15, -0.1) is 0 Å². The minimum atomic E-state index is -0.186. The van der Waals surface area contributed by atoms with Crippen LogP contribution in [0.2, 0.25) is 5.02 Å². The summed E-state index contributed by atoms with van der Waals surface area (Å²) in [5.74, 6) is 1.33. The van der Waals surface area contributed by atoms with Crippen molar-refractivity contribution in [2.75, 3.05) is 7.11 Å². The molecule has 0 radical (unpaired) electrons. The average Bonchev–Trinajstić information content (AvgIpc) is 3.10. The Kier molecular flexibility index (Phi) is 5.44. The lowest BCUT2D eigenvalue weighted by Gasteiger charge is -2.11. The first-order valence-corrected chi connectivity index (χ1v) is 9.48. The number of carbonyl (C=O) groups is 1. The molecule has 0 aliphatic carbocycles. The van der Waals surface area contributed by atoms with Gasteiger partial charge in [0.05, 0.1) is 20.2 Å². The summed E-state index contributed by atoms with van der Waals surface area (Å²) < 4.78 is 7.33. The second-order valence-corrected chi connectivity index (χ2v) is 6.94. The van der Waals surface area contributed by atoms with Gasteiger partial charge in [0.25, 0.3) is 5.91 Å². The summed E-state index contributed by atoms with van der Waals surface area (Å²) in [5, 5.41) is 3.52. The van der Waals surface area contributed by atoms with Gasteiger partial charge in [0.1, 0.15) is 17.1 Å². The first-order chi connectivity index (χ1) is 14.1. The van der Waals surface area contributed by atoms with Gasteiger partial charge in [0.2, 0.25) is 0 Å². The Bertz CT molecular complexity index is 1160. The fraction of sp³-hybridized carbons (Fsp3) is 0.136. The van der Waals surface area contributed by atoms with Gasteiger partial charge in [-0.25, -0.2) is 9.97 Å². The van der Waals surface area contributed by atoms with Crippen molar-refractivity contribution in [3.63, 3.8) is 0 Å². The monoisotopic (exact) mass is 406 g/mol. The quantitative estimate of drug-likeness (QED) is 0.524. The molecule has 0 unspecified atom stereocenters. The smallest absolute Gasteiger partial charge is 0.251 e. The molecular weight excluding hydrogens is 388 g/mol. The van der Waals surface area contributed by atoms with E-state index >= 15 is 0 Å². The number of nitrogens with one attached hydrogen (secondary N) is 1. The van der Waals surface area contributed by atoms with Crippen LogP contribution in [0.4, 0.5) is 0 Å². The van der Waals surface area contributed by atoms with Crippen molar-refractivity contribution >= 4 is 28.7 Å². The summed E-state index contributed by atoms with van der Waals surface area (Å²) in [6.45, 7) is 0.846. The van der Waals surface area contributed by atoms with E-state index in [0.717, 1.165) is 28.3 Å². The van der Waals surface area contributed by atoms with Crippen LogP contribution in [0.15, 0.2) is 66.9 Å². The lowest BCUT2D eigenvalue weighted by molar-refractivity contribution is 0.0949. The van der Waals surface area contributed by atoms with Gasteiger partial charge in [-0.05, 0) is 54.1 Å². The third-order valence-corrected chi connectivity index (χ3v) is 4.82. The summed E-state index contributed by atoms with van der Waals surface area (Å²) in [7, 11) is 1.64. The van der Waals surface area contributed by atoms with E-state index in [1.165, 1.54) is 0 Å². The zero-order valence-electron chi connectivity index (χ0n) is 15.8. The predicted octanol–water partition coefficient (Wildman–Crippen LogP) is 4.07.